The van der Waals surface area contributed by atoms with Crippen LogP contribution in [0.5, 0.6) is 0 Å². The number of aromatic nitrogens is 4. The van der Waals surface area contributed by atoms with Crippen LogP contribution in [0.2, 0.25) is 0 Å². The van der Waals surface area contributed by atoms with E-state index in [1.807, 2.05) is 10.7 Å². The third kappa shape index (κ3) is 2.33. The molecule has 102 valence electrons. The molecule has 1 fully saturated rings. The molecule has 0 aliphatic carbocycles. The lowest BCUT2D eigenvalue weighted by Crippen LogP contribution is -2.48. The van der Waals surface area contributed by atoms with Crippen molar-refractivity contribution in [1.29, 1.82) is 5.26 Å². The number of nitrogens with zero attached hydrogens (tertiary/aromatic N) is 6. The van der Waals surface area contributed by atoms with Gasteiger partial charge in [0.2, 0.25) is 0 Å². The van der Waals surface area contributed by atoms with Crippen LogP contribution in [0.1, 0.15) is 17.4 Å². The van der Waals surface area contributed by atoms with Gasteiger partial charge in [0, 0.05) is 32.6 Å². The predicted octanol–water partition coefficient (Wildman–Crippen LogP) is 0.752. The van der Waals surface area contributed by atoms with Gasteiger partial charge in [0.15, 0.2) is 5.82 Å². The first-order valence-corrected chi connectivity index (χ1v) is 6.30. The molecule has 0 spiro atoms. The van der Waals surface area contributed by atoms with Gasteiger partial charge >= 0.3 is 0 Å². The number of nitriles is 1. The minimum atomic E-state index is 0.290. The highest BCUT2D eigenvalue weighted by Crippen LogP contribution is 2.25. The van der Waals surface area contributed by atoms with Gasteiger partial charge in [-0.25, -0.2) is 9.97 Å². The molecule has 0 amide bonds. The van der Waals surface area contributed by atoms with Crippen LogP contribution in [0.4, 0.5) is 5.82 Å². The lowest BCUT2D eigenvalue weighted by atomic mass is 10.1. The summed E-state index contributed by atoms with van der Waals surface area (Å²) in [5, 5.41) is 13.0. The van der Waals surface area contributed by atoms with Crippen molar-refractivity contribution in [3.05, 3.63) is 36.0 Å². The summed E-state index contributed by atoms with van der Waals surface area (Å²) in [6.45, 7) is 2.07. The number of ether oxygens (including phenoxy) is 1. The van der Waals surface area contributed by atoms with E-state index in [-0.39, 0.29) is 6.04 Å². The van der Waals surface area contributed by atoms with Crippen molar-refractivity contribution in [2.45, 2.75) is 12.6 Å². The summed E-state index contributed by atoms with van der Waals surface area (Å²) in [5.74, 6) is 1.58. The Hall–Kier alpha value is -2.46. The average Bonchev–Trinajstić information content (AvgIpc) is 2.87. The van der Waals surface area contributed by atoms with Gasteiger partial charge in [0.25, 0.3) is 0 Å². The molecule has 7 nitrogen and oxygen atoms in total. The molecule has 2 aromatic heterocycles. The zero-order chi connectivity index (χ0) is 13.9. The molecule has 0 bridgehead atoms. The number of rotatable bonds is 4. The summed E-state index contributed by atoms with van der Waals surface area (Å²) in [6.07, 6.45) is 5.11. The zero-order valence-electron chi connectivity index (χ0n) is 11.1. The molecule has 7 heteroatoms. The summed E-state index contributed by atoms with van der Waals surface area (Å²) in [6, 6.07) is 4.26. The van der Waals surface area contributed by atoms with Crippen molar-refractivity contribution < 1.29 is 4.74 Å². The molecule has 1 aliphatic heterocycles. The normalized spacial score (nSPS) is 14.9. The number of hydrogen-bond donors (Lipinski definition) is 0. The van der Waals surface area contributed by atoms with Gasteiger partial charge in [-0.1, -0.05) is 0 Å². The van der Waals surface area contributed by atoms with Crippen molar-refractivity contribution in [1.82, 2.24) is 19.7 Å². The molecular formula is C13H14N6O. The molecule has 0 saturated carbocycles. The molecule has 0 N–H and O–H groups in total. The first-order valence-electron chi connectivity index (χ1n) is 6.30. The maximum Gasteiger partial charge on any atom is 0.156 e. The highest BCUT2D eigenvalue weighted by atomic mass is 16.5. The topological polar surface area (TPSA) is 79.9 Å². The average molecular weight is 270 g/mol. The van der Waals surface area contributed by atoms with Gasteiger partial charge in [0.1, 0.15) is 18.5 Å². The van der Waals surface area contributed by atoms with E-state index in [2.05, 4.69) is 26.0 Å². The van der Waals surface area contributed by atoms with E-state index in [0.29, 0.717) is 18.0 Å². The molecule has 0 aromatic carbocycles. The molecule has 3 heterocycles. The van der Waals surface area contributed by atoms with Gasteiger partial charge in [-0.3, -0.25) is 4.68 Å². The number of methoxy groups -OCH3 is 1. The van der Waals surface area contributed by atoms with Crippen molar-refractivity contribution in [3.63, 3.8) is 0 Å². The molecule has 1 saturated heterocycles. The monoisotopic (exact) mass is 270 g/mol. The molecule has 0 unspecified atom stereocenters. The second-order valence-corrected chi connectivity index (χ2v) is 4.64. The minimum Gasteiger partial charge on any atom is -0.377 e. The van der Waals surface area contributed by atoms with E-state index in [1.165, 1.54) is 0 Å². The van der Waals surface area contributed by atoms with Gasteiger partial charge < -0.3 is 9.64 Å². The first kappa shape index (κ1) is 12.6. The zero-order valence-corrected chi connectivity index (χ0v) is 11.1. The predicted molar refractivity (Wildman–Crippen MR) is 70.9 cm³/mol. The molecule has 20 heavy (non-hydrogen) atoms. The first-order chi connectivity index (χ1) is 9.80. The summed E-state index contributed by atoms with van der Waals surface area (Å²) in [7, 11) is 1.63. The van der Waals surface area contributed by atoms with Crippen LogP contribution in [0, 0.1) is 11.3 Å². The molecule has 0 atom stereocenters. The number of hydrogen-bond acceptors (Lipinski definition) is 6. The second-order valence-electron chi connectivity index (χ2n) is 4.64. The summed E-state index contributed by atoms with van der Waals surface area (Å²) >= 11 is 0. The highest BCUT2D eigenvalue weighted by molar-refractivity contribution is 5.41. The molecule has 0 radical (unpaired) electrons. The van der Waals surface area contributed by atoms with E-state index in [1.54, 1.807) is 25.7 Å². The Morgan fingerprint density at radius 2 is 2.35 bits per heavy atom. The Balaban J connectivity index is 1.65. The largest absolute Gasteiger partial charge is 0.377 e. The van der Waals surface area contributed by atoms with Gasteiger partial charge in [0.05, 0.1) is 17.8 Å². The standard InChI is InChI=1S/C13H14N6O/c1-20-9-12-15-3-2-13(17-12)18-7-11(8-18)19-6-10(4-14)5-16-19/h2-3,5-6,11H,7-9H2,1H3. The SMILES string of the molecule is COCc1nccc(N2CC(n3cc(C#N)cn3)C2)n1. The summed E-state index contributed by atoms with van der Waals surface area (Å²) < 4.78 is 6.87. The van der Waals surface area contributed by atoms with E-state index in [0.717, 1.165) is 18.9 Å². The lowest BCUT2D eigenvalue weighted by molar-refractivity contribution is 0.177. The Bertz CT molecular complexity index is 640. The fraction of sp³-hybridized carbons (Fsp3) is 0.385. The lowest BCUT2D eigenvalue weighted by Gasteiger charge is -2.40. The van der Waals surface area contributed by atoms with Gasteiger partial charge in [-0.05, 0) is 6.07 Å². The van der Waals surface area contributed by atoms with Crippen molar-refractivity contribution >= 4 is 5.82 Å². The Kier molecular flexibility index (Phi) is 3.31. The maximum absolute atomic E-state index is 8.79. The fourth-order valence-electron chi connectivity index (χ4n) is 2.17. The van der Waals surface area contributed by atoms with Crippen LogP contribution in [-0.4, -0.2) is 39.9 Å². The Morgan fingerprint density at radius 3 is 3.05 bits per heavy atom. The van der Waals surface area contributed by atoms with Crippen LogP contribution < -0.4 is 4.90 Å². The van der Waals surface area contributed by atoms with Gasteiger partial charge in [-0.2, -0.15) is 10.4 Å². The van der Waals surface area contributed by atoms with E-state index >= 15 is 0 Å². The van der Waals surface area contributed by atoms with Crippen LogP contribution >= 0.6 is 0 Å². The second kappa shape index (κ2) is 5.27. The van der Waals surface area contributed by atoms with Crippen molar-refractivity contribution in [2.75, 3.05) is 25.1 Å². The maximum atomic E-state index is 8.79. The van der Waals surface area contributed by atoms with Crippen molar-refractivity contribution in [3.8, 4) is 6.07 Å². The van der Waals surface area contributed by atoms with Crippen LogP contribution in [0.15, 0.2) is 24.7 Å². The van der Waals surface area contributed by atoms with Crippen LogP contribution in [-0.2, 0) is 11.3 Å². The van der Waals surface area contributed by atoms with E-state index < -0.39 is 0 Å². The van der Waals surface area contributed by atoms with Gasteiger partial charge in [-0.15, -0.1) is 0 Å². The smallest absolute Gasteiger partial charge is 0.156 e. The highest BCUT2D eigenvalue weighted by Gasteiger charge is 2.30. The molecule has 1 aliphatic rings. The number of anilines is 1. The Morgan fingerprint density at radius 1 is 1.50 bits per heavy atom. The Labute approximate surface area is 116 Å². The molecular weight excluding hydrogens is 256 g/mol. The third-order valence-corrected chi connectivity index (χ3v) is 3.26. The van der Waals surface area contributed by atoms with Crippen LogP contribution in [0.25, 0.3) is 0 Å². The van der Waals surface area contributed by atoms with Crippen molar-refractivity contribution in [2.24, 2.45) is 0 Å². The quantitative estimate of drug-likeness (QED) is 0.815. The van der Waals surface area contributed by atoms with E-state index in [4.69, 9.17) is 10.00 Å². The summed E-state index contributed by atoms with van der Waals surface area (Å²) in [4.78, 5) is 10.7. The minimum absolute atomic E-state index is 0.290. The van der Waals surface area contributed by atoms with Crippen LogP contribution in [0.3, 0.4) is 0 Å². The third-order valence-electron chi connectivity index (χ3n) is 3.26. The molecule has 3 rings (SSSR count). The molecule has 2 aromatic rings. The fourth-order valence-corrected chi connectivity index (χ4v) is 2.17. The summed E-state index contributed by atoms with van der Waals surface area (Å²) in [5.41, 5.74) is 0.591. The van der Waals surface area contributed by atoms with E-state index in [9.17, 15) is 0 Å².